The van der Waals surface area contributed by atoms with Crippen LogP contribution in [0.15, 0.2) is 42.6 Å². The molecule has 0 unspecified atom stereocenters. The van der Waals surface area contributed by atoms with E-state index < -0.39 is 0 Å². The number of benzene rings is 1. The van der Waals surface area contributed by atoms with Crippen molar-refractivity contribution in [1.82, 2.24) is 20.1 Å². The fourth-order valence-corrected chi connectivity index (χ4v) is 3.68. The highest BCUT2D eigenvalue weighted by atomic mass is 16.2. The van der Waals surface area contributed by atoms with E-state index in [4.69, 9.17) is 0 Å². The van der Waals surface area contributed by atoms with E-state index in [1.165, 1.54) is 12.5 Å². The van der Waals surface area contributed by atoms with Crippen molar-refractivity contribution >= 4 is 11.8 Å². The minimum absolute atomic E-state index is 0.0191. The number of pyridine rings is 1. The second-order valence-corrected chi connectivity index (χ2v) is 7.60. The second kappa shape index (κ2) is 8.97. The van der Waals surface area contributed by atoms with Gasteiger partial charge in [-0.3, -0.25) is 14.6 Å². The summed E-state index contributed by atoms with van der Waals surface area (Å²) in [5, 5.41) is 2.94. The molecular weight excluding hydrogens is 352 g/mol. The van der Waals surface area contributed by atoms with Gasteiger partial charge in [-0.05, 0) is 50.2 Å². The normalized spacial score (nSPS) is 14.9. The lowest BCUT2D eigenvalue weighted by atomic mass is 9.99. The first-order valence-electron chi connectivity index (χ1n) is 9.69. The Morgan fingerprint density at radius 2 is 1.93 bits per heavy atom. The minimum Gasteiger partial charge on any atom is -0.353 e. The molecule has 0 atom stereocenters. The standard InChI is InChI=1S/C22H28N4O2/c1-16(27)24-19-9-12-26(13-10-19)22(28)21-20(8-5-11-23-21)18-7-4-6-17(14-18)15-25(2)3/h4-8,11,14,19H,9-10,12-13,15H2,1-3H3,(H,24,27). The molecule has 1 fully saturated rings. The molecule has 6 heteroatoms. The van der Waals surface area contributed by atoms with Crippen LogP contribution >= 0.6 is 0 Å². The van der Waals surface area contributed by atoms with Gasteiger partial charge in [-0.25, -0.2) is 0 Å². The zero-order chi connectivity index (χ0) is 20.1. The number of amides is 2. The molecule has 6 nitrogen and oxygen atoms in total. The summed E-state index contributed by atoms with van der Waals surface area (Å²) in [6.45, 7) is 3.62. The van der Waals surface area contributed by atoms with Crippen LogP contribution in [0.5, 0.6) is 0 Å². The molecule has 0 saturated carbocycles. The summed E-state index contributed by atoms with van der Waals surface area (Å²) in [6, 6.07) is 12.2. The molecule has 0 aliphatic carbocycles. The Hall–Kier alpha value is -2.73. The summed E-state index contributed by atoms with van der Waals surface area (Å²) in [5.41, 5.74) is 3.55. The van der Waals surface area contributed by atoms with Crippen molar-refractivity contribution in [2.75, 3.05) is 27.2 Å². The third-order valence-corrected chi connectivity index (χ3v) is 4.94. The van der Waals surface area contributed by atoms with Gasteiger partial charge in [0.25, 0.3) is 5.91 Å². The molecule has 1 N–H and O–H groups in total. The van der Waals surface area contributed by atoms with Gasteiger partial charge in [-0.1, -0.05) is 24.3 Å². The van der Waals surface area contributed by atoms with Crippen LogP contribution in [0.25, 0.3) is 11.1 Å². The Bertz CT molecular complexity index is 842. The second-order valence-electron chi connectivity index (χ2n) is 7.60. The van der Waals surface area contributed by atoms with Gasteiger partial charge < -0.3 is 15.1 Å². The zero-order valence-electron chi connectivity index (χ0n) is 16.8. The molecule has 1 aromatic carbocycles. The predicted molar refractivity (Wildman–Crippen MR) is 110 cm³/mol. The quantitative estimate of drug-likeness (QED) is 0.866. The van der Waals surface area contributed by atoms with E-state index in [0.29, 0.717) is 18.8 Å². The largest absolute Gasteiger partial charge is 0.353 e. The SMILES string of the molecule is CC(=O)NC1CCN(C(=O)c2ncccc2-c2cccc(CN(C)C)c2)CC1. The maximum Gasteiger partial charge on any atom is 0.273 e. The Kier molecular flexibility index (Phi) is 6.41. The van der Waals surface area contributed by atoms with E-state index in [9.17, 15) is 9.59 Å². The van der Waals surface area contributed by atoms with E-state index in [-0.39, 0.29) is 17.9 Å². The molecule has 1 aliphatic heterocycles. The first kappa shape index (κ1) is 20.0. The Morgan fingerprint density at radius 1 is 1.18 bits per heavy atom. The number of nitrogens with one attached hydrogen (secondary N) is 1. The van der Waals surface area contributed by atoms with E-state index in [1.807, 2.05) is 43.3 Å². The first-order chi connectivity index (χ1) is 13.4. The molecule has 0 spiro atoms. The van der Waals surface area contributed by atoms with Crippen molar-refractivity contribution in [2.45, 2.75) is 32.4 Å². The Labute approximate surface area is 166 Å². The maximum absolute atomic E-state index is 13.2. The summed E-state index contributed by atoms with van der Waals surface area (Å²) < 4.78 is 0. The zero-order valence-corrected chi connectivity index (χ0v) is 16.8. The van der Waals surface area contributed by atoms with Crippen molar-refractivity contribution in [3.8, 4) is 11.1 Å². The topological polar surface area (TPSA) is 65.5 Å². The molecular formula is C22H28N4O2. The van der Waals surface area contributed by atoms with Crippen LogP contribution in [0.1, 0.15) is 35.8 Å². The lowest BCUT2D eigenvalue weighted by Gasteiger charge is -2.32. The highest BCUT2D eigenvalue weighted by Gasteiger charge is 2.26. The minimum atomic E-state index is -0.0464. The number of likely N-dealkylation sites (tertiary alicyclic amines) is 1. The van der Waals surface area contributed by atoms with Crippen molar-refractivity contribution in [1.29, 1.82) is 0 Å². The van der Waals surface area contributed by atoms with Crippen LogP contribution in [-0.4, -0.2) is 59.8 Å². The fourth-order valence-electron chi connectivity index (χ4n) is 3.68. The molecule has 0 bridgehead atoms. The molecule has 28 heavy (non-hydrogen) atoms. The number of hydrogen-bond donors (Lipinski definition) is 1. The first-order valence-corrected chi connectivity index (χ1v) is 9.69. The van der Waals surface area contributed by atoms with Crippen LogP contribution in [-0.2, 0) is 11.3 Å². The number of aromatic nitrogens is 1. The fraction of sp³-hybridized carbons (Fsp3) is 0.409. The van der Waals surface area contributed by atoms with Crippen LogP contribution in [0.2, 0.25) is 0 Å². The van der Waals surface area contributed by atoms with Crippen molar-refractivity contribution in [2.24, 2.45) is 0 Å². The smallest absolute Gasteiger partial charge is 0.273 e. The number of carbonyl (C=O) groups excluding carboxylic acids is 2. The molecule has 1 aliphatic rings. The summed E-state index contributed by atoms with van der Waals surface area (Å²) in [4.78, 5) is 32.8. The molecule has 1 saturated heterocycles. The molecule has 2 aromatic rings. The summed E-state index contributed by atoms with van der Waals surface area (Å²) >= 11 is 0. The molecule has 0 radical (unpaired) electrons. The predicted octanol–water partition coefficient (Wildman–Crippen LogP) is 2.55. The monoisotopic (exact) mass is 380 g/mol. The van der Waals surface area contributed by atoms with Crippen molar-refractivity contribution in [3.05, 3.63) is 53.9 Å². The third-order valence-electron chi connectivity index (χ3n) is 4.94. The van der Waals surface area contributed by atoms with Crippen LogP contribution in [0.4, 0.5) is 0 Å². The average molecular weight is 380 g/mol. The van der Waals surface area contributed by atoms with Gasteiger partial charge in [0.05, 0.1) is 0 Å². The van der Waals surface area contributed by atoms with Gasteiger partial charge in [0, 0.05) is 44.4 Å². The van der Waals surface area contributed by atoms with Gasteiger partial charge in [0.15, 0.2) is 0 Å². The van der Waals surface area contributed by atoms with Gasteiger partial charge in [-0.2, -0.15) is 0 Å². The van der Waals surface area contributed by atoms with E-state index >= 15 is 0 Å². The van der Waals surface area contributed by atoms with Crippen LogP contribution < -0.4 is 5.32 Å². The molecule has 148 valence electrons. The average Bonchev–Trinajstić information content (AvgIpc) is 2.67. The summed E-state index contributed by atoms with van der Waals surface area (Å²) in [7, 11) is 4.08. The van der Waals surface area contributed by atoms with Gasteiger partial charge in [0.2, 0.25) is 5.91 Å². The Morgan fingerprint density at radius 3 is 2.61 bits per heavy atom. The number of piperidine rings is 1. The molecule has 2 amide bonds. The van der Waals surface area contributed by atoms with E-state index in [1.54, 1.807) is 6.20 Å². The van der Waals surface area contributed by atoms with Gasteiger partial charge in [-0.15, -0.1) is 0 Å². The number of nitrogens with zero attached hydrogens (tertiary/aromatic N) is 3. The van der Waals surface area contributed by atoms with Crippen LogP contribution in [0, 0.1) is 0 Å². The molecule has 2 heterocycles. The summed E-state index contributed by atoms with van der Waals surface area (Å²) in [6.07, 6.45) is 3.21. The van der Waals surface area contributed by atoms with E-state index in [0.717, 1.165) is 30.5 Å². The van der Waals surface area contributed by atoms with Gasteiger partial charge in [0.1, 0.15) is 5.69 Å². The van der Waals surface area contributed by atoms with E-state index in [2.05, 4.69) is 27.3 Å². The highest BCUT2D eigenvalue weighted by molar-refractivity contribution is 5.99. The number of carbonyl (C=O) groups is 2. The summed E-state index contributed by atoms with van der Waals surface area (Å²) in [5.74, 6) is -0.0655. The van der Waals surface area contributed by atoms with Crippen molar-refractivity contribution in [3.63, 3.8) is 0 Å². The lowest BCUT2D eigenvalue weighted by molar-refractivity contribution is -0.119. The molecule has 3 rings (SSSR count). The Balaban J connectivity index is 1.79. The number of rotatable bonds is 5. The van der Waals surface area contributed by atoms with Gasteiger partial charge >= 0.3 is 0 Å². The van der Waals surface area contributed by atoms with Crippen LogP contribution in [0.3, 0.4) is 0 Å². The maximum atomic E-state index is 13.2. The third kappa shape index (κ3) is 4.95. The molecule has 1 aromatic heterocycles. The highest BCUT2D eigenvalue weighted by Crippen LogP contribution is 2.25. The number of hydrogen-bond acceptors (Lipinski definition) is 4. The van der Waals surface area contributed by atoms with Crippen molar-refractivity contribution < 1.29 is 9.59 Å². The lowest BCUT2D eigenvalue weighted by Crippen LogP contribution is -2.46.